The molecule has 0 radical (unpaired) electrons. The molecule has 0 saturated heterocycles. The summed E-state index contributed by atoms with van der Waals surface area (Å²) in [4.78, 5) is 8.54. The van der Waals surface area contributed by atoms with Gasteiger partial charge in [-0.05, 0) is 49.1 Å². The molecule has 10 rings (SSSR count). The largest absolute Gasteiger partial charge is 0.575 e. The molecule has 0 N–H and O–H groups in total. The van der Waals surface area contributed by atoms with Crippen LogP contribution in [0.15, 0.2) is 158 Å². The minimum atomic E-state index is 0. The predicted molar refractivity (Wildman–Crippen MR) is 203 cm³/mol. The first-order valence-electron chi connectivity index (χ1n) is 16.2. The van der Waals surface area contributed by atoms with Crippen LogP contribution in [0.1, 0.15) is 0 Å². The summed E-state index contributed by atoms with van der Waals surface area (Å²) in [5.41, 5.74) is 8.92. The van der Waals surface area contributed by atoms with E-state index in [1.165, 1.54) is 22.7 Å². The summed E-state index contributed by atoms with van der Waals surface area (Å²) >= 11 is 0. The van der Waals surface area contributed by atoms with Crippen molar-refractivity contribution in [3.63, 3.8) is 0 Å². The number of hydrogen-bond acceptors (Lipinski definition) is 6. The summed E-state index contributed by atoms with van der Waals surface area (Å²) in [6.07, 6.45) is 3.52. The minimum absolute atomic E-state index is 0. The van der Waals surface area contributed by atoms with Gasteiger partial charge in [0, 0.05) is 77.3 Å². The number of benzene rings is 6. The third kappa shape index (κ3) is 8.82. The van der Waals surface area contributed by atoms with Crippen molar-refractivity contribution in [3.8, 4) is 0 Å². The van der Waals surface area contributed by atoms with Gasteiger partial charge >= 0.3 is 0 Å². The number of aromatic nitrogens is 4. The van der Waals surface area contributed by atoms with Crippen molar-refractivity contribution < 1.29 is 42.1 Å². The van der Waals surface area contributed by atoms with Crippen molar-refractivity contribution in [1.29, 1.82) is 0 Å². The maximum atomic E-state index is 3.87. The molecule has 268 valence electrons. The van der Waals surface area contributed by atoms with Crippen LogP contribution in [-0.4, -0.2) is 24.3 Å². The Morgan fingerprint density at radius 2 is 0.827 bits per heavy atom. The van der Waals surface area contributed by atoms with Gasteiger partial charge in [-0.1, -0.05) is 72.8 Å². The van der Waals surface area contributed by atoms with E-state index in [9.17, 15) is 0 Å². The third-order valence-electron chi connectivity index (χ3n) is 8.12. The van der Waals surface area contributed by atoms with Gasteiger partial charge in [0.1, 0.15) is 0 Å². The summed E-state index contributed by atoms with van der Waals surface area (Å²) in [5.74, 6) is 0. The average molecular weight is 1040 g/mol. The maximum Gasteiger partial charge on any atom is 0.0326 e. The quantitative estimate of drug-likeness (QED) is 0.160. The summed E-state index contributed by atoms with van der Waals surface area (Å²) in [7, 11) is 4.11. The number of nitrogens with zero attached hydrogens (tertiary/aromatic N) is 8. The van der Waals surface area contributed by atoms with Crippen LogP contribution in [-0.2, 0) is 42.1 Å². The van der Waals surface area contributed by atoms with E-state index in [0.717, 1.165) is 33.2 Å². The molecular formula is C42H34N8Pt2-6. The number of anilines is 6. The Morgan fingerprint density at radius 1 is 0.462 bits per heavy atom. The van der Waals surface area contributed by atoms with E-state index < -0.39 is 0 Å². The van der Waals surface area contributed by atoms with Gasteiger partial charge < -0.3 is 40.0 Å². The predicted octanol–water partition coefficient (Wildman–Crippen LogP) is 8.77. The Kier molecular flexibility index (Phi) is 13.4. The van der Waals surface area contributed by atoms with Crippen molar-refractivity contribution in [2.45, 2.75) is 0 Å². The van der Waals surface area contributed by atoms with Crippen LogP contribution in [0, 0.1) is 25.5 Å². The fraction of sp³-hybridized carbons (Fsp3) is 0.0476. The van der Waals surface area contributed by atoms with E-state index in [1.807, 2.05) is 84.9 Å². The Hall–Kier alpha value is -5.16. The molecule has 2 aliphatic rings. The van der Waals surface area contributed by atoms with Crippen LogP contribution in [0.3, 0.4) is 0 Å². The SMILES string of the molecule is CN1[CH-]N(c2[c-]cccc2)c2ccccc21.CN1[CH-]N(c2[c-]cccc2)c2ccccc21.[Pt].[Pt].c1ccc2[n-]ncc2c1.c1ccc2[n-]ncc2c1. The molecule has 8 nitrogen and oxygen atoms in total. The Balaban J connectivity index is 0.000000137. The van der Waals surface area contributed by atoms with Crippen molar-refractivity contribution in [3.05, 3.63) is 183 Å². The van der Waals surface area contributed by atoms with Crippen LogP contribution in [0.25, 0.3) is 21.8 Å². The third-order valence-corrected chi connectivity index (χ3v) is 8.12. The average Bonchev–Trinajstić information content (AvgIpc) is 3.99. The summed E-state index contributed by atoms with van der Waals surface area (Å²) in [5, 5.41) is 17.5. The Labute approximate surface area is 333 Å². The minimum Gasteiger partial charge on any atom is -0.575 e. The standard InChI is InChI=1S/2C14H12N2.2C7H5N2.2Pt/c2*1-15-11-16(12-7-3-2-4-8-12)14-10-6-5-9-13(14)15;2*1-2-4-7-6(3-1)5-8-9-7;;/h2*2-7,9-11H,1H3;2*1-5H;;/q2*-2;2*-1;;. The molecule has 0 amide bonds. The molecule has 0 bridgehead atoms. The Morgan fingerprint density at radius 3 is 1.21 bits per heavy atom. The first-order chi connectivity index (χ1) is 24.7. The number of rotatable bonds is 2. The van der Waals surface area contributed by atoms with E-state index in [-0.39, 0.29) is 42.1 Å². The van der Waals surface area contributed by atoms with Crippen molar-refractivity contribution in [2.75, 3.05) is 33.7 Å². The normalized spacial score (nSPS) is 12.2. The molecule has 0 saturated carbocycles. The van der Waals surface area contributed by atoms with Gasteiger partial charge in [0.2, 0.25) is 0 Å². The molecule has 4 heterocycles. The maximum absolute atomic E-state index is 3.87. The monoisotopic (exact) mass is 1040 g/mol. The number of hydrogen-bond donors (Lipinski definition) is 0. The van der Waals surface area contributed by atoms with Gasteiger partial charge in [-0.2, -0.15) is 74.0 Å². The number of fused-ring (bicyclic) bond motifs is 4. The molecule has 0 fully saturated rings. The van der Waals surface area contributed by atoms with Crippen LogP contribution in [0.2, 0.25) is 0 Å². The Bertz CT molecular complexity index is 2040. The molecular weight excluding hydrogens is 1010 g/mol. The van der Waals surface area contributed by atoms with E-state index >= 15 is 0 Å². The zero-order valence-electron chi connectivity index (χ0n) is 28.4. The smallest absolute Gasteiger partial charge is 0.0326 e. The molecule has 52 heavy (non-hydrogen) atoms. The first-order valence-corrected chi connectivity index (χ1v) is 16.2. The van der Waals surface area contributed by atoms with E-state index in [2.05, 4.69) is 140 Å². The molecule has 0 unspecified atom stereocenters. The van der Waals surface area contributed by atoms with Crippen LogP contribution >= 0.6 is 0 Å². The van der Waals surface area contributed by atoms with E-state index in [0.29, 0.717) is 0 Å². The zero-order valence-corrected chi connectivity index (χ0v) is 32.9. The molecule has 2 aliphatic heterocycles. The molecule has 10 heteroatoms. The molecule has 6 aromatic carbocycles. The van der Waals surface area contributed by atoms with Gasteiger partial charge in [0.05, 0.1) is 0 Å². The van der Waals surface area contributed by atoms with Crippen LogP contribution in [0.5, 0.6) is 0 Å². The van der Waals surface area contributed by atoms with Gasteiger partial charge in [-0.3, -0.25) is 0 Å². The summed E-state index contributed by atoms with van der Waals surface area (Å²) < 4.78 is 0. The molecule has 0 aliphatic carbocycles. The van der Waals surface area contributed by atoms with Gasteiger partial charge in [-0.15, -0.1) is 22.4 Å². The van der Waals surface area contributed by atoms with Crippen LogP contribution in [0.4, 0.5) is 34.1 Å². The van der Waals surface area contributed by atoms with Crippen molar-refractivity contribution >= 4 is 55.9 Å². The summed E-state index contributed by atoms with van der Waals surface area (Å²) in [6.45, 7) is 4.16. The second-order valence-corrected chi connectivity index (χ2v) is 11.5. The molecule has 8 aromatic rings. The second-order valence-electron chi connectivity index (χ2n) is 11.5. The van der Waals surface area contributed by atoms with E-state index in [4.69, 9.17) is 0 Å². The molecule has 2 aromatic heterocycles. The fourth-order valence-electron chi connectivity index (χ4n) is 5.66. The fourth-order valence-corrected chi connectivity index (χ4v) is 5.66. The van der Waals surface area contributed by atoms with Gasteiger partial charge in [0.25, 0.3) is 0 Å². The first kappa shape index (κ1) is 38.1. The second kappa shape index (κ2) is 18.4. The summed E-state index contributed by atoms with van der Waals surface area (Å²) in [6, 6.07) is 55.0. The topological polar surface area (TPSA) is 66.9 Å². The van der Waals surface area contributed by atoms with Gasteiger partial charge in [-0.25, -0.2) is 0 Å². The van der Waals surface area contributed by atoms with Crippen molar-refractivity contribution in [2.24, 2.45) is 0 Å². The molecule has 0 atom stereocenters. The van der Waals surface area contributed by atoms with Gasteiger partial charge in [0.15, 0.2) is 0 Å². The number of para-hydroxylation sites is 6. The van der Waals surface area contributed by atoms with Crippen LogP contribution < -0.4 is 29.8 Å². The van der Waals surface area contributed by atoms with Crippen molar-refractivity contribution in [1.82, 2.24) is 20.4 Å². The molecule has 0 spiro atoms. The zero-order chi connectivity index (χ0) is 34.1. The van der Waals surface area contributed by atoms with E-state index in [1.54, 1.807) is 12.4 Å².